The number of nitrogens with one attached hydrogen (secondary N) is 1. The van der Waals surface area contributed by atoms with E-state index in [4.69, 9.17) is 10.5 Å². The highest BCUT2D eigenvalue weighted by Crippen LogP contribution is 2.39. The number of esters is 1. The third kappa shape index (κ3) is 5.06. The highest BCUT2D eigenvalue weighted by Gasteiger charge is 2.35. The Hall–Kier alpha value is -1.88. The number of benzene rings is 1. The first kappa shape index (κ1) is 18.5. The maximum Gasteiger partial charge on any atom is 0.306 e. The third-order valence-electron chi connectivity index (χ3n) is 4.82. The summed E-state index contributed by atoms with van der Waals surface area (Å²) in [5.41, 5.74) is 6.63. The van der Waals surface area contributed by atoms with Gasteiger partial charge in [0.15, 0.2) is 0 Å². The van der Waals surface area contributed by atoms with Crippen molar-refractivity contribution in [2.75, 3.05) is 13.2 Å². The van der Waals surface area contributed by atoms with Crippen LogP contribution in [0.5, 0.6) is 0 Å². The van der Waals surface area contributed by atoms with E-state index < -0.39 is 6.04 Å². The van der Waals surface area contributed by atoms with Crippen LogP contribution < -0.4 is 11.1 Å². The maximum absolute atomic E-state index is 12.4. The van der Waals surface area contributed by atoms with Gasteiger partial charge in [-0.1, -0.05) is 49.6 Å². The Morgan fingerprint density at radius 2 is 1.88 bits per heavy atom. The molecule has 2 rings (SSSR count). The number of hydrogen-bond acceptors (Lipinski definition) is 4. The minimum absolute atomic E-state index is 0.180. The molecule has 1 amide bonds. The van der Waals surface area contributed by atoms with Crippen molar-refractivity contribution >= 4 is 11.9 Å². The molecule has 5 nitrogen and oxygen atoms in total. The monoisotopic (exact) mass is 332 g/mol. The van der Waals surface area contributed by atoms with E-state index in [2.05, 4.69) is 5.32 Å². The quantitative estimate of drug-likeness (QED) is 0.752. The Labute approximate surface area is 143 Å². The van der Waals surface area contributed by atoms with Crippen molar-refractivity contribution in [2.45, 2.75) is 51.5 Å². The zero-order chi connectivity index (χ0) is 17.4. The van der Waals surface area contributed by atoms with Gasteiger partial charge in [0.25, 0.3) is 0 Å². The highest BCUT2D eigenvalue weighted by molar-refractivity contribution is 5.83. The van der Waals surface area contributed by atoms with Gasteiger partial charge in [0.1, 0.15) is 6.04 Å². The van der Waals surface area contributed by atoms with Crippen LogP contribution in [0.2, 0.25) is 0 Å². The number of carbonyl (C=O) groups is 2. The molecule has 0 aromatic heterocycles. The Kier molecular flexibility index (Phi) is 6.79. The van der Waals surface area contributed by atoms with Crippen LogP contribution in [0.25, 0.3) is 0 Å². The predicted molar refractivity (Wildman–Crippen MR) is 93.1 cm³/mol. The molecule has 1 fully saturated rings. The van der Waals surface area contributed by atoms with E-state index >= 15 is 0 Å². The van der Waals surface area contributed by atoms with Gasteiger partial charge in [-0.25, -0.2) is 0 Å². The lowest BCUT2D eigenvalue weighted by atomic mass is 9.71. The average Bonchev–Trinajstić information content (AvgIpc) is 2.61. The molecular formula is C19H28N2O3. The summed E-state index contributed by atoms with van der Waals surface area (Å²) in [5.74, 6) is -0.379. The zero-order valence-electron chi connectivity index (χ0n) is 14.4. The largest absolute Gasteiger partial charge is 0.466 e. The Balaban J connectivity index is 1.96. The van der Waals surface area contributed by atoms with Gasteiger partial charge in [-0.3, -0.25) is 9.59 Å². The molecule has 0 saturated heterocycles. The molecule has 132 valence electrons. The molecule has 0 aliphatic heterocycles. The van der Waals surface area contributed by atoms with Crippen molar-refractivity contribution in [3.8, 4) is 0 Å². The molecule has 24 heavy (non-hydrogen) atoms. The first-order valence-electron chi connectivity index (χ1n) is 8.80. The predicted octanol–water partition coefficient (Wildman–Crippen LogP) is 2.71. The summed E-state index contributed by atoms with van der Waals surface area (Å²) in [7, 11) is 0. The number of carbonyl (C=O) groups excluding carboxylic acids is 2. The molecule has 0 radical (unpaired) electrons. The summed E-state index contributed by atoms with van der Waals surface area (Å²) in [6.07, 6.45) is 5.59. The van der Waals surface area contributed by atoms with Crippen LogP contribution in [-0.2, 0) is 14.3 Å². The molecule has 0 bridgehead atoms. The van der Waals surface area contributed by atoms with Crippen LogP contribution in [0.4, 0.5) is 0 Å². The normalized spacial score (nSPS) is 17.8. The van der Waals surface area contributed by atoms with E-state index in [0.717, 1.165) is 31.2 Å². The van der Waals surface area contributed by atoms with Crippen molar-refractivity contribution in [3.05, 3.63) is 35.9 Å². The number of hydrogen-bond donors (Lipinski definition) is 2. The molecule has 3 N–H and O–H groups in total. The van der Waals surface area contributed by atoms with Crippen LogP contribution >= 0.6 is 0 Å². The molecular weight excluding hydrogens is 304 g/mol. The maximum atomic E-state index is 12.4. The standard InChI is InChI=1S/C19H28N2O3/c1-2-24-16(22)13-19(11-7-4-8-12-19)14-21-18(23)17(20)15-9-5-3-6-10-15/h3,5-6,9-10,17H,2,4,7-8,11-14,20H2,1H3,(H,21,23). The first-order valence-corrected chi connectivity index (χ1v) is 8.80. The van der Waals surface area contributed by atoms with E-state index in [-0.39, 0.29) is 17.3 Å². The number of ether oxygens (including phenoxy) is 1. The van der Waals surface area contributed by atoms with Gasteiger partial charge in [0, 0.05) is 6.54 Å². The number of amides is 1. The third-order valence-corrected chi connectivity index (χ3v) is 4.82. The molecule has 0 heterocycles. The van der Waals surface area contributed by atoms with Gasteiger partial charge < -0.3 is 15.8 Å². The average molecular weight is 332 g/mol. The second-order valence-corrected chi connectivity index (χ2v) is 6.65. The fourth-order valence-corrected chi connectivity index (χ4v) is 3.43. The molecule has 1 aromatic rings. The van der Waals surface area contributed by atoms with Crippen molar-refractivity contribution < 1.29 is 14.3 Å². The van der Waals surface area contributed by atoms with E-state index in [9.17, 15) is 9.59 Å². The molecule has 1 aliphatic carbocycles. The highest BCUT2D eigenvalue weighted by atomic mass is 16.5. The molecule has 1 aliphatic rings. The minimum atomic E-state index is -0.686. The van der Waals surface area contributed by atoms with Crippen LogP contribution in [0.15, 0.2) is 30.3 Å². The summed E-state index contributed by atoms with van der Waals surface area (Å²) in [4.78, 5) is 24.3. The summed E-state index contributed by atoms with van der Waals surface area (Å²) < 4.78 is 5.12. The zero-order valence-corrected chi connectivity index (χ0v) is 14.4. The SMILES string of the molecule is CCOC(=O)CC1(CNC(=O)C(N)c2ccccc2)CCCCC1. The molecule has 1 aromatic carbocycles. The second-order valence-electron chi connectivity index (χ2n) is 6.65. The first-order chi connectivity index (χ1) is 11.6. The minimum Gasteiger partial charge on any atom is -0.466 e. The number of rotatable bonds is 7. The van der Waals surface area contributed by atoms with Gasteiger partial charge in [-0.2, -0.15) is 0 Å². The van der Waals surface area contributed by atoms with Crippen molar-refractivity contribution in [1.82, 2.24) is 5.32 Å². The van der Waals surface area contributed by atoms with E-state index in [0.29, 0.717) is 19.6 Å². The lowest BCUT2D eigenvalue weighted by molar-refractivity contribution is -0.146. The lowest BCUT2D eigenvalue weighted by Crippen LogP contribution is -2.43. The summed E-state index contributed by atoms with van der Waals surface area (Å²) >= 11 is 0. The van der Waals surface area contributed by atoms with Crippen molar-refractivity contribution in [1.29, 1.82) is 0 Å². The summed E-state index contributed by atoms with van der Waals surface area (Å²) in [6.45, 7) is 2.68. The van der Waals surface area contributed by atoms with Crippen LogP contribution in [0, 0.1) is 5.41 Å². The molecule has 5 heteroatoms. The van der Waals surface area contributed by atoms with Crippen LogP contribution in [-0.4, -0.2) is 25.0 Å². The Morgan fingerprint density at radius 1 is 1.21 bits per heavy atom. The van der Waals surface area contributed by atoms with Gasteiger partial charge >= 0.3 is 5.97 Å². The van der Waals surface area contributed by atoms with Gasteiger partial charge in [-0.05, 0) is 30.7 Å². The summed E-state index contributed by atoms with van der Waals surface area (Å²) in [5, 5.41) is 2.97. The van der Waals surface area contributed by atoms with Gasteiger partial charge in [-0.15, -0.1) is 0 Å². The Morgan fingerprint density at radius 3 is 2.50 bits per heavy atom. The van der Waals surface area contributed by atoms with Crippen LogP contribution in [0.3, 0.4) is 0 Å². The topological polar surface area (TPSA) is 81.4 Å². The van der Waals surface area contributed by atoms with Crippen LogP contribution in [0.1, 0.15) is 57.1 Å². The Bertz CT molecular complexity index is 539. The van der Waals surface area contributed by atoms with E-state index in [1.54, 1.807) is 0 Å². The van der Waals surface area contributed by atoms with Crippen molar-refractivity contribution in [3.63, 3.8) is 0 Å². The number of nitrogens with two attached hydrogens (primary N) is 1. The smallest absolute Gasteiger partial charge is 0.306 e. The molecule has 1 atom stereocenters. The van der Waals surface area contributed by atoms with Gasteiger partial charge in [0.05, 0.1) is 13.0 Å². The molecule has 0 spiro atoms. The fraction of sp³-hybridized carbons (Fsp3) is 0.579. The summed E-state index contributed by atoms with van der Waals surface area (Å²) in [6, 6.07) is 8.63. The van der Waals surface area contributed by atoms with E-state index in [1.165, 1.54) is 6.42 Å². The fourth-order valence-electron chi connectivity index (χ4n) is 3.43. The lowest BCUT2D eigenvalue weighted by Gasteiger charge is -2.37. The second kappa shape index (κ2) is 8.83. The van der Waals surface area contributed by atoms with E-state index in [1.807, 2.05) is 37.3 Å². The molecule has 1 unspecified atom stereocenters. The van der Waals surface area contributed by atoms with Gasteiger partial charge in [0.2, 0.25) is 5.91 Å². The molecule has 1 saturated carbocycles. The van der Waals surface area contributed by atoms with Crippen molar-refractivity contribution in [2.24, 2.45) is 11.1 Å².